The Balaban J connectivity index is 1.76. The van der Waals surface area contributed by atoms with Crippen molar-refractivity contribution in [2.75, 3.05) is 0 Å². The Morgan fingerprint density at radius 3 is 2.52 bits per heavy atom. The molecule has 0 radical (unpaired) electrons. The quantitative estimate of drug-likeness (QED) is 0.714. The highest BCUT2D eigenvalue weighted by molar-refractivity contribution is 5.75. The first-order valence-corrected chi connectivity index (χ1v) is 9.30. The number of carboxylic acids is 1. The number of aliphatic carboxylic acids is 1. The predicted molar refractivity (Wildman–Crippen MR) is 88.9 cm³/mol. The van der Waals surface area contributed by atoms with Crippen molar-refractivity contribution in [3.05, 3.63) is 12.2 Å². The van der Waals surface area contributed by atoms with E-state index < -0.39 is 17.0 Å². The average Bonchev–Trinajstić information content (AvgIpc) is 2.63. The van der Waals surface area contributed by atoms with Gasteiger partial charge in [-0.05, 0) is 86.5 Å². The van der Waals surface area contributed by atoms with E-state index >= 15 is 0 Å². The van der Waals surface area contributed by atoms with Gasteiger partial charge in [-0.2, -0.15) is 0 Å². The summed E-state index contributed by atoms with van der Waals surface area (Å²) in [6, 6.07) is 0. The van der Waals surface area contributed by atoms with E-state index in [1.165, 1.54) is 0 Å². The van der Waals surface area contributed by atoms with Gasteiger partial charge in [-0.25, -0.2) is 0 Å². The molecule has 23 heavy (non-hydrogen) atoms. The van der Waals surface area contributed by atoms with Gasteiger partial charge >= 0.3 is 5.97 Å². The summed E-state index contributed by atoms with van der Waals surface area (Å²) in [6.45, 7) is 8.55. The standard InChI is InChI=1S/C20H30O3/c1-13-11-19-9-5-14-17(2,7-4-8-18(14,3)16(21)22)15(19)6-10-20(13,23)12-19/h14-15,23H,1,4-12H2,2-3H3,(H,21,22)/t14-,15-,17-,18-,19-,20+/m1/s1. The number of fused-ring (bicyclic) bond motifs is 3. The van der Waals surface area contributed by atoms with Crippen LogP contribution in [0.25, 0.3) is 0 Å². The molecule has 128 valence electrons. The topological polar surface area (TPSA) is 57.5 Å². The molecular formula is C20H30O3. The molecule has 4 aliphatic rings. The summed E-state index contributed by atoms with van der Waals surface area (Å²) in [5, 5.41) is 20.8. The van der Waals surface area contributed by atoms with Crippen LogP contribution in [0.4, 0.5) is 0 Å². The largest absolute Gasteiger partial charge is 0.481 e. The van der Waals surface area contributed by atoms with Crippen LogP contribution in [0, 0.1) is 28.1 Å². The van der Waals surface area contributed by atoms with Gasteiger partial charge in [-0.3, -0.25) is 4.79 Å². The fourth-order valence-electron chi connectivity index (χ4n) is 7.61. The lowest BCUT2D eigenvalue weighted by Crippen LogP contribution is -2.59. The zero-order valence-corrected chi connectivity index (χ0v) is 14.5. The highest BCUT2D eigenvalue weighted by Crippen LogP contribution is 2.72. The molecule has 3 heteroatoms. The van der Waals surface area contributed by atoms with Gasteiger partial charge in [0.1, 0.15) is 0 Å². The second-order valence-electron chi connectivity index (χ2n) is 9.62. The van der Waals surface area contributed by atoms with Crippen molar-refractivity contribution in [2.45, 2.75) is 77.2 Å². The summed E-state index contributed by atoms with van der Waals surface area (Å²) in [5.41, 5.74) is 0.128. The van der Waals surface area contributed by atoms with Crippen molar-refractivity contribution in [2.24, 2.45) is 28.1 Å². The van der Waals surface area contributed by atoms with E-state index in [4.69, 9.17) is 0 Å². The second kappa shape index (κ2) is 4.41. The molecule has 0 heterocycles. The first-order chi connectivity index (χ1) is 10.7. The van der Waals surface area contributed by atoms with Crippen LogP contribution in [0.3, 0.4) is 0 Å². The number of rotatable bonds is 1. The van der Waals surface area contributed by atoms with Crippen molar-refractivity contribution in [1.29, 1.82) is 0 Å². The van der Waals surface area contributed by atoms with Gasteiger partial charge in [-0.15, -0.1) is 0 Å². The summed E-state index contributed by atoms with van der Waals surface area (Å²) >= 11 is 0. The molecule has 0 aromatic carbocycles. The maximum absolute atomic E-state index is 12.0. The molecule has 2 N–H and O–H groups in total. The third-order valence-electron chi connectivity index (χ3n) is 8.65. The second-order valence-corrected chi connectivity index (χ2v) is 9.62. The molecule has 4 rings (SSSR count). The van der Waals surface area contributed by atoms with Crippen LogP contribution in [-0.2, 0) is 4.79 Å². The minimum Gasteiger partial charge on any atom is -0.481 e. The SMILES string of the molecule is C=C1C[C@@]23CC[C@@H]4[C@@](C)(CCC[C@@]4(C)C(=O)O)[C@H]2CC[C@]1(O)C3. The van der Waals surface area contributed by atoms with E-state index in [9.17, 15) is 15.0 Å². The fraction of sp³-hybridized carbons (Fsp3) is 0.850. The molecule has 0 aromatic rings. The highest BCUT2D eigenvalue weighted by Gasteiger charge is 2.67. The van der Waals surface area contributed by atoms with Crippen molar-refractivity contribution >= 4 is 5.97 Å². The van der Waals surface area contributed by atoms with Gasteiger partial charge in [0.2, 0.25) is 0 Å². The summed E-state index contributed by atoms with van der Waals surface area (Å²) in [5.74, 6) is 0.219. The maximum Gasteiger partial charge on any atom is 0.309 e. The van der Waals surface area contributed by atoms with E-state index in [-0.39, 0.29) is 16.7 Å². The highest BCUT2D eigenvalue weighted by atomic mass is 16.4. The minimum absolute atomic E-state index is 0.107. The van der Waals surface area contributed by atoms with Crippen molar-refractivity contribution < 1.29 is 15.0 Å². The molecule has 0 aliphatic heterocycles. The Bertz CT molecular complexity index is 583. The molecule has 0 saturated heterocycles. The van der Waals surface area contributed by atoms with E-state index in [2.05, 4.69) is 13.5 Å². The maximum atomic E-state index is 12.0. The van der Waals surface area contributed by atoms with Crippen LogP contribution in [0.2, 0.25) is 0 Å². The normalized spacial score (nSPS) is 55.2. The molecule has 0 unspecified atom stereocenters. The van der Waals surface area contributed by atoms with Crippen LogP contribution in [0.15, 0.2) is 12.2 Å². The van der Waals surface area contributed by atoms with Crippen LogP contribution in [0.5, 0.6) is 0 Å². The molecule has 4 fully saturated rings. The molecular weight excluding hydrogens is 288 g/mol. The number of aliphatic hydroxyl groups is 1. The molecule has 0 amide bonds. The number of carboxylic acid groups (broad SMARTS) is 1. The predicted octanol–water partition coefficient (Wildman–Crippen LogP) is 4.16. The third-order valence-corrected chi connectivity index (χ3v) is 8.65. The number of hydrogen-bond acceptors (Lipinski definition) is 2. The van der Waals surface area contributed by atoms with E-state index in [0.717, 1.165) is 63.4 Å². The molecule has 4 aliphatic carbocycles. The van der Waals surface area contributed by atoms with Gasteiger partial charge in [0, 0.05) is 0 Å². The van der Waals surface area contributed by atoms with Gasteiger partial charge < -0.3 is 10.2 Å². The lowest BCUT2D eigenvalue weighted by atomic mass is 9.41. The van der Waals surface area contributed by atoms with Gasteiger partial charge in [0.15, 0.2) is 0 Å². The monoisotopic (exact) mass is 318 g/mol. The van der Waals surface area contributed by atoms with Crippen LogP contribution in [-0.4, -0.2) is 21.8 Å². The van der Waals surface area contributed by atoms with Crippen molar-refractivity contribution in [3.8, 4) is 0 Å². The van der Waals surface area contributed by atoms with E-state index in [1.807, 2.05) is 6.92 Å². The summed E-state index contributed by atoms with van der Waals surface area (Å²) < 4.78 is 0. The number of hydrogen-bond donors (Lipinski definition) is 2. The van der Waals surface area contributed by atoms with Gasteiger partial charge in [-0.1, -0.05) is 19.9 Å². The lowest BCUT2D eigenvalue weighted by molar-refractivity contribution is -0.186. The third kappa shape index (κ3) is 1.78. The average molecular weight is 318 g/mol. The molecule has 1 spiro atoms. The Morgan fingerprint density at radius 1 is 1.13 bits per heavy atom. The van der Waals surface area contributed by atoms with Crippen LogP contribution < -0.4 is 0 Å². The van der Waals surface area contributed by atoms with Crippen molar-refractivity contribution in [1.82, 2.24) is 0 Å². The van der Waals surface area contributed by atoms with E-state index in [0.29, 0.717) is 5.92 Å². The molecule has 4 saturated carbocycles. The van der Waals surface area contributed by atoms with Gasteiger partial charge in [0.05, 0.1) is 11.0 Å². The Labute approximate surface area is 139 Å². The van der Waals surface area contributed by atoms with Gasteiger partial charge in [0.25, 0.3) is 0 Å². The summed E-state index contributed by atoms with van der Waals surface area (Å²) in [7, 11) is 0. The number of carbonyl (C=O) groups is 1. The Kier molecular flexibility index (Phi) is 3.01. The summed E-state index contributed by atoms with van der Waals surface area (Å²) in [4.78, 5) is 12.0. The van der Waals surface area contributed by atoms with E-state index in [1.54, 1.807) is 0 Å². The van der Waals surface area contributed by atoms with Crippen molar-refractivity contribution in [3.63, 3.8) is 0 Å². The Hall–Kier alpha value is -0.830. The molecule has 0 aromatic heterocycles. The fourth-order valence-corrected chi connectivity index (χ4v) is 7.61. The zero-order valence-electron chi connectivity index (χ0n) is 14.5. The minimum atomic E-state index is -0.634. The lowest BCUT2D eigenvalue weighted by Gasteiger charge is -2.63. The molecule has 6 atom stereocenters. The first-order valence-electron chi connectivity index (χ1n) is 9.30. The smallest absolute Gasteiger partial charge is 0.309 e. The van der Waals surface area contributed by atoms with Crippen LogP contribution >= 0.6 is 0 Å². The molecule has 3 nitrogen and oxygen atoms in total. The Morgan fingerprint density at radius 2 is 1.83 bits per heavy atom. The zero-order chi connectivity index (χ0) is 16.7. The first kappa shape index (κ1) is 15.7. The summed E-state index contributed by atoms with van der Waals surface area (Å²) in [6.07, 6.45) is 8.75. The molecule has 2 bridgehead atoms. The van der Waals surface area contributed by atoms with Crippen LogP contribution in [0.1, 0.15) is 71.6 Å².